The molecule has 0 saturated carbocycles. The van der Waals surface area contributed by atoms with Gasteiger partial charge in [0.2, 0.25) is 0 Å². The fraction of sp³-hybridized carbons (Fsp3) is 0. The van der Waals surface area contributed by atoms with Crippen molar-refractivity contribution in [2.24, 2.45) is 0 Å². The molecular formula is C21H15LiP2. The zero-order chi connectivity index (χ0) is 15.5. The van der Waals surface area contributed by atoms with Gasteiger partial charge < -0.3 is 0 Å². The third-order valence-corrected chi connectivity index (χ3v) is 6.91. The van der Waals surface area contributed by atoms with Crippen molar-refractivity contribution < 1.29 is 18.9 Å². The minimum Gasteiger partial charge on any atom is -0.297 e. The molecule has 0 saturated heterocycles. The Morgan fingerprint density at radius 1 is 0.542 bits per heavy atom. The summed E-state index contributed by atoms with van der Waals surface area (Å²) < 4.78 is 0. The minimum atomic E-state index is 0. The van der Waals surface area contributed by atoms with Crippen LogP contribution in [0, 0.1) is 0 Å². The summed E-state index contributed by atoms with van der Waals surface area (Å²) in [5, 5.41) is 4.32. The number of hydrogen-bond donors (Lipinski definition) is 0. The predicted octanol–water partition coefficient (Wildman–Crippen LogP) is 4.57. The molecule has 110 valence electrons. The van der Waals surface area contributed by atoms with Gasteiger partial charge in [-0.2, -0.15) is 5.03 Å². The topological polar surface area (TPSA) is 0 Å². The number of rotatable bonds is 3. The molecular weight excluding hydrogens is 321 g/mol. The molecule has 0 aliphatic carbocycles. The van der Waals surface area contributed by atoms with E-state index >= 15 is 0 Å². The van der Waals surface area contributed by atoms with Gasteiger partial charge in [0.25, 0.3) is 0 Å². The van der Waals surface area contributed by atoms with Crippen molar-refractivity contribution in [2.45, 2.75) is 0 Å². The monoisotopic (exact) mass is 336 g/mol. The Morgan fingerprint density at radius 3 is 1.54 bits per heavy atom. The van der Waals surface area contributed by atoms with Crippen molar-refractivity contribution in [3.8, 4) is 32.3 Å². The van der Waals surface area contributed by atoms with E-state index < -0.39 is 0 Å². The Labute approximate surface area is 158 Å². The predicted molar refractivity (Wildman–Crippen MR) is 103 cm³/mol. The Hall–Kier alpha value is -1.53. The zero-order valence-corrected chi connectivity index (χ0v) is 15.3. The Morgan fingerprint density at radius 2 is 1.00 bits per heavy atom. The van der Waals surface area contributed by atoms with Gasteiger partial charge in [0.15, 0.2) is 0 Å². The van der Waals surface area contributed by atoms with Crippen molar-refractivity contribution in [3.05, 3.63) is 91.0 Å². The van der Waals surface area contributed by atoms with Gasteiger partial charge in [0.1, 0.15) is 0 Å². The zero-order valence-electron chi connectivity index (χ0n) is 13.6. The molecule has 4 rings (SSSR count). The van der Waals surface area contributed by atoms with E-state index in [0.29, 0.717) is 0 Å². The Balaban J connectivity index is 0.00000169. The van der Waals surface area contributed by atoms with Crippen LogP contribution >= 0.6 is 16.4 Å². The molecule has 0 aliphatic rings. The Kier molecular flexibility index (Phi) is 5.79. The molecule has 0 radical (unpaired) electrons. The van der Waals surface area contributed by atoms with Crippen LogP contribution in [0.3, 0.4) is 0 Å². The van der Waals surface area contributed by atoms with E-state index in [4.69, 9.17) is 0 Å². The van der Waals surface area contributed by atoms with E-state index in [2.05, 4.69) is 91.0 Å². The number of hydrogen-bond acceptors (Lipinski definition) is 0. The van der Waals surface area contributed by atoms with Crippen LogP contribution in [0.15, 0.2) is 91.0 Å². The van der Waals surface area contributed by atoms with E-state index in [1.807, 2.05) is 0 Å². The second-order valence-electron chi connectivity index (χ2n) is 5.34. The summed E-state index contributed by atoms with van der Waals surface area (Å²) in [6.45, 7) is 0. The van der Waals surface area contributed by atoms with Gasteiger partial charge in [-0.3, -0.25) is 16.4 Å². The molecule has 0 spiro atoms. The van der Waals surface area contributed by atoms with Crippen LogP contribution < -0.4 is 18.9 Å². The van der Waals surface area contributed by atoms with Gasteiger partial charge in [-0.1, -0.05) is 102 Å². The minimum absolute atomic E-state index is 0. The standard InChI is InChI=1S/C21H15P2.Li/c1-4-10-16(11-5-1)19-20(17-12-6-2-7-13-17)23-21(22-19)18-14-8-3-9-15-18;/h1-15H;/q-1;+1. The maximum absolute atomic E-state index is 2.22. The summed E-state index contributed by atoms with van der Waals surface area (Å²) in [6.07, 6.45) is 0. The molecule has 3 heteroatoms. The summed E-state index contributed by atoms with van der Waals surface area (Å²) in [5.41, 5.74) is 3.99. The Bertz CT molecular complexity index is 844. The third-order valence-electron chi connectivity index (χ3n) is 3.79. The van der Waals surface area contributed by atoms with Crippen molar-refractivity contribution in [3.63, 3.8) is 0 Å². The van der Waals surface area contributed by atoms with Crippen LogP contribution in [0.25, 0.3) is 32.3 Å². The van der Waals surface area contributed by atoms with E-state index in [1.54, 1.807) is 0 Å². The van der Waals surface area contributed by atoms with Crippen LogP contribution in [-0.4, -0.2) is 0 Å². The van der Waals surface area contributed by atoms with Crippen LogP contribution in [0.4, 0.5) is 0 Å². The van der Waals surface area contributed by atoms with Crippen LogP contribution in [0.2, 0.25) is 0 Å². The van der Waals surface area contributed by atoms with Crippen LogP contribution in [-0.2, 0) is 0 Å². The normalized spacial score (nSPS) is 10.8. The maximum atomic E-state index is 2.22. The second-order valence-corrected chi connectivity index (χ2v) is 7.93. The molecule has 3 aromatic carbocycles. The van der Waals surface area contributed by atoms with Gasteiger partial charge in [-0.05, 0) is 16.7 Å². The van der Waals surface area contributed by atoms with Crippen LogP contribution in [0.1, 0.15) is 0 Å². The van der Waals surface area contributed by atoms with Crippen molar-refractivity contribution >= 4 is 16.4 Å². The van der Waals surface area contributed by atoms with Gasteiger partial charge >= 0.3 is 18.9 Å². The van der Waals surface area contributed by atoms with E-state index in [-0.39, 0.29) is 18.9 Å². The summed E-state index contributed by atoms with van der Waals surface area (Å²) in [5.74, 6) is 0. The molecule has 1 heterocycles. The quantitative estimate of drug-likeness (QED) is 0.481. The summed E-state index contributed by atoms with van der Waals surface area (Å²) in [6, 6.07) is 32.3. The molecule has 1 aromatic heterocycles. The number of benzene rings is 3. The first-order valence-corrected chi connectivity index (χ1v) is 9.42. The third kappa shape index (κ3) is 3.59. The average molecular weight is 336 g/mol. The average Bonchev–Trinajstić information content (AvgIpc) is 3.09. The summed E-state index contributed by atoms with van der Waals surface area (Å²) in [4.78, 5) is 0. The molecule has 0 fully saturated rings. The van der Waals surface area contributed by atoms with E-state index in [9.17, 15) is 0 Å². The molecule has 0 N–H and O–H groups in total. The maximum Gasteiger partial charge on any atom is 1.00 e. The van der Waals surface area contributed by atoms with Gasteiger partial charge in [-0.15, -0.1) is 0 Å². The van der Waals surface area contributed by atoms with Crippen molar-refractivity contribution in [2.75, 3.05) is 0 Å². The molecule has 24 heavy (non-hydrogen) atoms. The van der Waals surface area contributed by atoms with E-state index in [1.165, 1.54) is 48.7 Å². The molecule has 0 atom stereocenters. The fourth-order valence-corrected chi connectivity index (χ4v) is 5.76. The molecule has 0 bridgehead atoms. The van der Waals surface area contributed by atoms with Crippen molar-refractivity contribution in [1.29, 1.82) is 0 Å². The van der Waals surface area contributed by atoms with Gasteiger partial charge in [0.05, 0.1) is 0 Å². The molecule has 0 unspecified atom stereocenters. The first-order valence-electron chi connectivity index (χ1n) is 7.63. The van der Waals surface area contributed by atoms with Gasteiger partial charge in [-0.25, -0.2) is 0 Å². The van der Waals surface area contributed by atoms with E-state index in [0.717, 1.165) is 0 Å². The van der Waals surface area contributed by atoms with Gasteiger partial charge in [0, 0.05) is 0 Å². The molecule has 4 aromatic rings. The smallest absolute Gasteiger partial charge is 0.297 e. The molecule has 0 nitrogen and oxygen atoms in total. The fourth-order valence-electron chi connectivity index (χ4n) is 2.65. The first kappa shape index (κ1) is 17.3. The van der Waals surface area contributed by atoms with Crippen LogP contribution in [0.5, 0.6) is 0 Å². The largest absolute Gasteiger partial charge is 1.00 e. The van der Waals surface area contributed by atoms with Crippen molar-refractivity contribution in [1.82, 2.24) is 0 Å². The summed E-state index contributed by atoms with van der Waals surface area (Å²) >= 11 is 0. The SMILES string of the molecule is [Li+].c1ccc(-c2pc(-c3ccccc3)c(-c3ccccc3)[p-]2)cc1. The molecule has 0 amide bonds. The summed E-state index contributed by atoms with van der Waals surface area (Å²) in [7, 11) is 2.64. The first-order chi connectivity index (χ1) is 11.4. The molecule has 0 aliphatic heterocycles. The second kappa shape index (κ2) is 8.03.